The van der Waals surface area contributed by atoms with Crippen LogP contribution in [0.2, 0.25) is 0 Å². The van der Waals surface area contributed by atoms with Crippen LogP contribution < -0.4 is 5.32 Å². The minimum atomic E-state index is -0.260. The van der Waals surface area contributed by atoms with E-state index in [1.54, 1.807) is 6.08 Å². The third-order valence-corrected chi connectivity index (χ3v) is 5.06. The van der Waals surface area contributed by atoms with E-state index in [1.807, 2.05) is 47.3 Å². The topological polar surface area (TPSA) is 75.6 Å². The first-order chi connectivity index (χ1) is 14.5. The lowest BCUT2D eigenvalue weighted by molar-refractivity contribution is -0.111. The number of nitriles is 1. The minimum absolute atomic E-state index is 0.114. The average molecular weight is 418 g/mol. The van der Waals surface area contributed by atoms with Crippen LogP contribution in [0.1, 0.15) is 59.2 Å². The van der Waals surface area contributed by atoms with Crippen LogP contribution in [0.15, 0.2) is 42.6 Å². The van der Waals surface area contributed by atoms with Crippen LogP contribution in [0, 0.1) is 11.3 Å². The van der Waals surface area contributed by atoms with Gasteiger partial charge in [0.1, 0.15) is 5.82 Å². The molecule has 3 aromatic rings. The first kappa shape index (κ1) is 22.4. The fourth-order valence-corrected chi connectivity index (χ4v) is 3.44. The normalized spacial score (nSPS) is 12.4. The number of carbonyl (C=O) groups excluding carboxylic acids is 1. The van der Waals surface area contributed by atoms with Crippen molar-refractivity contribution in [1.29, 1.82) is 5.26 Å². The summed E-state index contributed by atoms with van der Waals surface area (Å²) in [5, 5.41) is 17.7. The Morgan fingerprint density at radius 2 is 1.90 bits per heavy atom. The molecular weight excluding hydrogens is 386 g/mol. The first-order valence-electron chi connectivity index (χ1n) is 10.6. The molecule has 0 spiro atoms. The first-order valence-corrected chi connectivity index (χ1v) is 10.6. The number of nitrogens with one attached hydrogen (secondary N) is 1. The van der Waals surface area contributed by atoms with Gasteiger partial charge in [0.15, 0.2) is 0 Å². The van der Waals surface area contributed by atoms with Crippen molar-refractivity contribution in [2.75, 3.05) is 5.32 Å². The second-order valence-electron chi connectivity index (χ2n) is 9.77. The molecule has 0 radical (unpaired) electrons. The molecule has 3 rings (SSSR count). The van der Waals surface area contributed by atoms with E-state index in [2.05, 4.69) is 57.5 Å². The quantitative estimate of drug-likeness (QED) is 0.560. The molecule has 6 heteroatoms. The number of nitrogens with zero attached hydrogens (tertiary/aromatic N) is 4. The number of aromatic nitrogens is 3. The fraction of sp³-hybridized carbons (Fsp3) is 0.400. The second kappa shape index (κ2) is 8.43. The van der Waals surface area contributed by atoms with Gasteiger partial charge in [-0.2, -0.15) is 10.4 Å². The second-order valence-corrected chi connectivity index (χ2v) is 9.77. The Bertz CT molecular complexity index is 1160. The van der Waals surface area contributed by atoms with Gasteiger partial charge in [0.2, 0.25) is 5.91 Å². The Hall–Kier alpha value is -3.33. The Kier molecular flexibility index (Phi) is 6.08. The molecule has 1 aromatic carbocycles. The van der Waals surface area contributed by atoms with Crippen LogP contribution in [0.3, 0.4) is 0 Å². The number of para-hydroxylation sites is 1. The summed E-state index contributed by atoms with van der Waals surface area (Å²) in [7, 11) is 0. The molecule has 0 aliphatic rings. The zero-order chi connectivity index (χ0) is 22.8. The molecule has 162 valence electrons. The van der Waals surface area contributed by atoms with Crippen LogP contribution in [0.25, 0.3) is 17.0 Å². The number of amides is 1. The maximum absolute atomic E-state index is 12.7. The Balaban J connectivity index is 1.87. The number of hydrogen-bond donors (Lipinski definition) is 1. The van der Waals surface area contributed by atoms with Crippen LogP contribution in [-0.2, 0) is 22.3 Å². The SMILES string of the molecule is CC(C)(C)c1cc(NC(=O)/C=C/c2cn(CCC#N)c3ccccc23)n(C(C)(C)C)n1. The highest BCUT2D eigenvalue weighted by Crippen LogP contribution is 2.28. The van der Waals surface area contributed by atoms with Crippen molar-refractivity contribution in [3.05, 3.63) is 53.9 Å². The molecule has 1 amide bonds. The van der Waals surface area contributed by atoms with Crippen molar-refractivity contribution < 1.29 is 4.79 Å². The summed E-state index contributed by atoms with van der Waals surface area (Å²) in [6.45, 7) is 13.1. The number of rotatable bonds is 5. The molecule has 0 saturated carbocycles. The fourth-order valence-electron chi connectivity index (χ4n) is 3.44. The van der Waals surface area contributed by atoms with Gasteiger partial charge >= 0.3 is 0 Å². The van der Waals surface area contributed by atoms with Gasteiger partial charge in [0.05, 0.1) is 23.7 Å². The van der Waals surface area contributed by atoms with Gasteiger partial charge in [-0.05, 0) is 32.9 Å². The zero-order valence-corrected chi connectivity index (χ0v) is 19.2. The highest BCUT2D eigenvalue weighted by molar-refractivity contribution is 6.03. The standard InChI is InChI=1S/C25H31N5O/c1-24(2,3)21-16-22(30(28-21)25(4,5)6)27-23(31)13-12-18-17-29(15-9-14-26)20-11-8-7-10-19(18)20/h7-8,10-13,16-17H,9,15H2,1-6H3,(H,27,31)/b13-12+. The van der Waals surface area contributed by atoms with E-state index in [1.165, 1.54) is 0 Å². The van der Waals surface area contributed by atoms with Gasteiger partial charge in [-0.15, -0.1) is 0 Å². The summed E-state index contributed by atoms with van der Waals surface area (Å²) in [5.41, 5.74) is 2.56. The zero-order valence-electron chi connectivity index (χ0n) is 19.2. The monoisotopic (exact) mass is 417 g/mol. The predicted molar refractivity (Wildman–Crippen MR) is 126 cm³/mol. The lowest BCUT2D eigenvalue weighted by atomic mass is 9.92. The smallest absolute Gasteiger partial charge is 0.249 e. The van der Waals surface area contributed by atoms with Crippen LogP contribution >= 0.6 is 0 Å². The van der Waals surface area contributed by atoms with Crippen molar-refractivity contribution in [3.8, 4) is 6.07 Å². The van der Waals surface area contributed by atoms with Crippen molar-refractivity contribution >= 4 is 28.7 Å². The van der Waals surface area contributed by atoms with Gasteiger partial charge in [-0.1, -0.05) is 39.0 Å². The summed E-state index contributed by atoms with van der Waals surface area (Å²) < 4.78 is 3.92. The van der Waals surface area contributed by atoms with E-state index in [0.29, 0.717) is 18.8 Å². The van der Waals surface area contributed by atoms with Crippen LogP contribution in [0.5, 0.6) is 0 Å². The van der Waals surface area contributed by atoms with E-state index in [0.717, 1.165) is 22.2 Å². The van der Waals surface area contributed by atoms with E-state index < -0.39 is 0 Å². The summed E-state index contributed by atoms with van der Waals surface area (Å²) in [6.07, 6.45) is 5.80. The number of hydrogen-bond acceptors (Lipinski definition) is 3. The number of anilines is 1. The number of carbonyl (C=O) groups is 1. The Morgan fingerprint density at radius 3 is 2.55 bits per heavy atom. The van der Waals surface area contributed by atoms with Crippen LogP contribution in [-0.4, -0.2) is 20.3 Å². The lowest BCUT2D eigenvalue weighted by Crippen LogP contribution is -2.27. The lowest BCUT2D eigenvalue weighted by Gasteiger charge is -2.22. The predicted octanol–water partition coefficient (Wildman–Crippen LogP) is 5.46. The van der Waals surface area contributed by atoms with Gasteiger partial charge in [0, 0.05) is 46.8 Å². The molecule has 0 fully saturated rings. The van der Waals surface area contributed by atoms with Crippen molar-refractivity contribution in [1.82, 2.24) is 14.3 Å². The third-order valence-electron chi connectivity index (χ3n) is 5.06. The highest BCUT2D eigenvalue weighted by atomic mass is 16.1. The van der Waals surface area contributed by atoms with Crippen molar-refractivity contribution in [2.45, 2.75) is 65.5 Å². The van der Waals surface area contributed by atoms with Crippen molar-refractivity contribution in [3.63, 3.8) is 0 Å². The molecule has 0 unspecified atom stereocenters. The van der Waals surface area contributed by atoms with Gasteiger partial charge < -0.3 is 9.88 Å². The van der Waals surface area contributed by atoms with E-state index in [-0.39, 0.29) is 16.9 Å². The molecule has 1 N–H and O–H groups in total. The molecule has 0 aliphatic carbocycles. The summed E-state index contributed by atoms with van der Waals surface area (Å²) >= 11 is 0. The number of aryl methyl sites for hydroxylation is 1. The Morgan fingerprint density at radius 1 is 1.19 bits per heavy atom. The summed E-state index contributed by atoms with van der Waals surface area (Å²) in [4.78, 5) is 12.7. The largest absolute Gasteiger partial charge is 0.346 e. The molecule has 2 aromatic heterocycles. The maximum Gasteiger partial charge on any atom is 0.249 e. The number of fused-ring (bicyclic) bond motifs is 1. The molecule has 0 bridgehead atoms. The average Bonchev–Trinajstić information content (AvgIpc) is 3.26. The number of benzene rings is 1. The molecule has 0 aliphatic heterocycles. The summed E-state index contributed by atoms with van der Waals surface area (Å²) in [6, 6.07) is 12.1. The highest BCUT2D eigenvalue weighted by Gasteiger charge is 2.25. The summed E-state index contributed by atoms with van der Waals surface area (Å²) in [5.74, 6) is 0.475. The van der Waals surface area contributed by atoms with E-state index >= 15 is 0 Å². The van der Waals surface area contributed by atoms with Crippen LogP contribution in [0.4, 0.5) is 5.82 Å². The molecule has 6 nitrogen and oxygen atoms in total. The minimum Gasteiger partial charge on any atom is -0.346 e. The van der Waals surface area contributed by atoms with Gasteiger partial charge in [0.25, 0.3) is 0 Å². The van der Waals surface area contributed by atoms with Gasteiger partial charge in [-0.25, -0.2) is 4.68 Å². The molecule has 2 heterocycles. The maximum atomic E-state index is 12.7. The van der Waals surface area contributed by atoms with Gasteiger partial charge in [-0.3, -0.25) is 4.79 Å². The van der Waals surface area contributed by atoms with Crippen molar-refractivity contribution in [2.24, 2.45) is 0 Å². The molecule has 0 saturated heterocycles. The molecule has 0 atom stereocenters. The Labute approximate surface area is 184 Å². The molecule has 31 heavy (non-hydrogen) atoms. The van der Waals surface area contributed by atoms with E-state index in [9.17, 15) is 4.79 Å². The van der Waals surface area contributed by atoms with E-state index in [4.69, 9.17) is 10.4 Å². The molecular formula is C25H31N5O. The third kappa shape index (κ3) is 5.05.